The predicted molar refractivity (Wildman–Crippen MR) is 72.2 cm³/mol. The maximum atomic E-state index is 12.3. The molecular formula is C12H24N2O3S. The van der Waals surface area contributed by atoms with Crippen molar-refractivity contribution < 1.29 is 13.2 Å². The number of nitrogens with one attached hydrogen (secondary N) is 1. The number of hydrogen-bond acceptors (Lipinski definition) is 4. The zero-order valence-corrected chi connectivity index (χ0v) is 12.5. The second-order valence-corrected chi connectivity index (χ2v) is 7.40. The first-order valence-electron chi connectivity index (χ1n) is 6.53. The normalized spacial score (nSPS) is 27.0. The molecule has 1 saturated heterocycles. The monoisotopic (exact) mass is 276 g/mol. The maximum absolute atomic E-state index is 12.3. The van der Waals surface area contributed by atoms with Crippen LogP contribution in [0.3, 0.4) is 0 Å². The van der Waals surface area contributed by atoms with Gasteiger partial charge < -0.3 is 10.2 Å². The van der Waals surface area contributed by atoms with E-state index < -0.39 is 15.1 Å². The Bertz CT molecular complexity index is 394. The minimum Gasteiger partial charge on any atom is -0.336 e. The number of rotatable bonds is 4. The molecule has 0 aliphatic carbocycles. The summed E-state index contributed by atoms with van der Waals surface area (Å²) in [6, 6.07) is 0.369. The van der Waals surface area contributed by atoms with Crippen LogP contribution in [-0.2, 0) is 14.6 Å². The fourth-order valence-electron chi connectivity index (χ4n) is 2.19. The summed E-state index contributed by atoms with van der Waals surface area (Å²) in [6.45, 7) is 6.91. The molecule has 1 fully saturated rings. The lowest BCUT2D eigenvalue weighted by atomic mass is 10.0. The van der Waals surface area contributed by atoms with Crippen LogP contribution in [0, 0.1) is 0 Å². The highest BCUT2D eigenvalue weighted by atomic mass is 32.2. The summed E-state index contributed by atoms with van der Waals surface area (Å²) < 4.78 is 23.0. The van der Waals surface area contributed by atoms with Gasteiger partial charge in [0.25, 0.3) is 0 Å². The van der Waals surface area contributed by atoms with E-state index in [0.29, 0.717) is 6.54 Å². The lowest BCUT2D eigenvalue weighted by molar-refractivity contribution is -0.134. The number of piperazine rings is 1. The van der Waals surface area contributed by atoms with Crippen LogP contribution in [0.2, 0.25) is 0 Å². The Kier molecular flexibility index (Phi) is 5.16. The number of nitrogens with zero attached hydrogens (tertiary/aromatic N) is 1. The molecule has 0 saturated carbocycles. The first-order chi connectivity index (χ1) is 8.31. The third-order valence-electron chi connectivity index (χ3n) is 3.74. The highest BCUT2D eigenvalue weighted by Crippen LogP contribution is 2.15. The van der Waals surface area contributed by atoms with Crippen LogP contribution in [0.5, 0.6) is 0 Å². The van der Waals surface area contributed by atoms with Crippen LogP contribution in [-0.4, -0.2) is 55.9 Å². The fourth-order valence-corrected chi connectivity index (χ4v) is 2.69. The molecule has 6 heteroatoms. The predicted octanol–water partition coefficient (Wildman–Crippen LogP) is 0.409. The molecular weight excluding hydrogens is 252 g/mol. The summed E-state index contributed by atoms with van der Waals surface area (Å²) in [6.07, 6.45) is 2.90. The Morgan fingerprint density at radius 3 is 2.44 bits per heavy atom. The Morgan fingerprint density at radius 1 is 1.39 bits per heavy atom. The van der Waals surface area contributed by atoms with E-state index in [-0.39, 0.29) is 18.0 Å². The van der Waals surface area contributed by atoms with Crippen molar-refractivity contribution in [3.8, 4) is 0 Å². The van der Waals surface area contributed by atoms with Crippen molar-refractivity contribution in [1.29, 1.82) is 0 Å². The summed E-state index contributed by atoms with van der Waals surface area (Å²) in [5.41, 5.74) is 0. The maximum Gasteiger partial charge on any atom is 0.240 e. The van der Waals surface area contributed by atoms with Gasteiger partial charge in [0, 0.05) is 31.4 Å². The molecule has 3 unspecified atom stereocenters. The first kappa shape index (κ1) is 15.4. The van der Waals surface area contributed by atoms with E-state index in [1.807, 2.05) is 6.92 Å². The highest BCUT2D eigenvalue weighted by Gasteiger charge is 2.35. The molecule has 18 heavy (non-hydrogen) atoms. The van der Waals surface area contributed by atoms with Crippen molar-refractivity contribution in [2.24, 2.45) is 0 Å². The molecule has 0 radical (unpaired) electrons. The molecule has 3 atom stereocenters. The van der Waals surface area contributed by atoms with Crippen molar-refractivity contribution in [3.63, 3.8) is 0 Å². The molecule has 0 bridgehead atoms. The largest absolute Gasteiger partial charge is 0.336 e. The van der Waals surface area contributed by atoms with E-state index in [4.69, 9.17) is 0 Å². The summed E-state index contributed by atoms with van der Waals surface area (Å²) in [4.78, 5) is 14.0. The smallest absolute Gasteiger partial charge is 0.240 e. The van der Waals surface area contributed by atoms with E-state index in [1.165, 1.54) is 6.92 Å². The number of sulfone groups is 1. The zero-order valence-electron chi connectivity index (χ0n) is 11.6. The molecule has 1 heterocycles. The summed E-state index contributed by atoms with van der Waals surface area (Å²) in [5, 5.41) is 2.45. The third-order valence-corrected chi connectivity index (χ3v) is 5.22. The lowest BCUT2D eigenvalue weighted by Gasteiger charge is -2.40. The molecule has 106 valence electrons. The van der Waals surface area contributed by atoms with Gasteiger partial charge in [0.2, 0.25) is 5.91 Å². The number of hydrogen-bond donors (Lipinski definition) is 1. The fraction of sp³-hybridized carbons (Fsp3) is 0.917. The van der Waals surface area contributed by atoms with Gasteiger partial charge in [0.1, 0.15) is 5.25 Å². The molecule has 1 aliphatic rings. The van der Waals surface area contributed by atoms with Gasteiger partial charge in [-0.25, -0.2) is 8.42 Å². The summed E-state index contributed by atoms with van der Waals surface area (Å²) in [5.74, 6) is -0.260. The van der Waals surface area contributed by atoms with E-state index in [9.17, 15) is 13.2 Å². The minimum absolute atomic E-state index is 0.101. The topological polar surface area (TPSA) is 66.5 Å². The van der Waals surface area contributed by atoms with Crippen LogP contribution in [0.25, 0.3) is 0 Å². The average molecular weight is 276 g/mol. The SMILES string of the molecule is CCC1CN(C(=O)C(C)S(C)(=O)=O)C(CC)CN1. The van der Waals surface area contributed by atoms with Gasteiger partial charge in [-0.2, -0.15) is 0 Å². The number of carbonyl (C=O) groups is 1. The molecule has 5 nitrogen and oxygen atoms in total. The van der Waals surface area contributed by atoms with Crippen molar-refractivity contribution in [2.45, 2.75) is 50.9 Å². The third kappa shape index (κ3) is 3.45. The van der Waals surface area contributed by atoms with E-state index >= 15 is 0 Å². The van der Waals surface area contributed by atoms with Crippen molar-refractivity contribution >= 4 is 15.7 Å². The minimum atomic E-state index is -3.32. The molecule has 0 aromatic carbocycles. The lowest BCUT2D eigenvalue weighted by Crippen LogP contribution is -2.60. The summed E-state index contributed by atoms with van der Waals surface area (Å²) >= 11 is 0. The number of amides is 1. The molecule has 1 amide bonds. The van der Waals surface area contributed by atoms with Crippen molar-refractivity contribution in [1.82, 2.24) is 10.2 Å². The average Bonchev–Trinajstić information content (AvgIpc) is 2.35. The van der Waals surface area contributed by atoms with Crippen LogP contribution in [0.1, 0.15) is 33.6 Å². The van der Waals surface area contributed by atoms with Crippen LogP contribution in [0.4, 0.5) is 0 Å². The molecule has 1 aliphatic heterocycles. The van der Waals surface area contributed by atoms with Crippen LogP contribution >= 0.6 is 0 Å². The van der Waals surface area contributed by atoms with E-state index in [0.717, 1.165) is 25.6 Å². The van der Waals surface area contributed by atoms with Gasteiger partial charge in [-0.3, -0.25) is 4.79 Å². The zero-order chi connectivity index (χ0) is 13.9. The van der Waals surface area contributed by atoms with Gasteiger partial charge in [-0.05, 0) is 19.8 Å². The van der Waals surface area contributed by atoms with Crippen molar-refractivity contribution in [3.05, 3.63) is 0 Å². The Hall–Kier alpha value is -0.620. The molecule has 0 aromatic heterocycles. The Labute approximate surface area is 110 Å². The van der Waals surface area contributed by atoms with Gasteiger partial charge in [-0.1, -0.05) is 13.8 Å². The standard InChI is InChI=1S/C12H24N2O3S/c1-5-10-8-14(11(6-2)7-13-10)12(15)9(3)18(4,16)17/h9-11,13H,5-8H2,1-4H3. The Morgan fingerprint density at radius 2 is 2.00 bits per heavy atom. The second kappa shape index (κ2) is 6.02. The molecule has 1 N–H and O–H groups in total. The highest BCUT2D eigenvalue weighted by molar-refractivity contribution is 7.92. The number of carbonyl (C=O) groups excluding carboxylic acids is 1. The van der Waals surface area contributed by atoms with Gasteiger partial charge in [-0.15, -0.1) is 0 Å². The molecule has 0 aromatic rings. The second-order valence-electron chi connectivity index (χ2n) is 5.04. The molecule has 1 rings (SSSR count). The Balaban J connectivity index is 2.85. The van der Waals surface area contributed by atoms with E-state index in [2.05, 4.69) is 12.2 Å². The molecule has 0 spiro atoms. The first-order valence-corrected chi connectivity index (χ1v) is 8.49. The van der Waals surface area contributed by atoms with Gasteiger partial charge in [0.05, 0.1) is 0 Å². The van der Waals surface area contributed by atoms with Crippen molar-refractivity contribution in [2.75, 3.05) is 19.3 Å². The quantitative estimate of drug-likeness (QED) is 0.807. The van der Waals surface area contributed by atoms with E-state index in [1.54, 1.807) is 4.90 Å². The van der Waals surface area contributed by atoms with Gasteiger partial charge in [0.15, 0.2) is 9.84 Å². The summed E-state index contributed by atoms with van der Waals surface area (Å²) in [7, 11) is -3.32. The van der Waals surface area contributed by atoms with Crippen LogP contribution in [0.15, 0.2) is 0 Å². The van der Waals surface area contributed by atoms with Gasteiger partial charge >= 0.3 is 0 Å². The van der Waals surface area contributed by atoms with Crippen LogP contribution < -0.4 is 5.32 Å².